The predicted molar refractivity (Wildman–Crippen MR) is 78.8 cm³/mol. The van der Waals surface area contributed by atoms with Crippen molar-refractivity contribution in [2.24, 2.45) is 0 Å². The summed E-state index contributed by atoms with van der Waals surface area (Å²) in [5.74, 6) is 0. The molecule has 0 N–H and O–H groups in total. The van der Waals surface area contributed by atoms with E-state index in [0.717, 1.165) is 19.5 Å². The molecular weight excluding hydrogens is 234 g/mol. The minimum Gasteiger partial charge on any atom is -0.334 e. The number of hydrogen-bond acceptors (Lipinski definition) is 2. The molecule has 0 spiro atoms. The molecule has 0 radical (unpaired) electrons. The van der Waals surface area contributed by atoms with Gasteiger partial charge in [-0.25, -0.2) is 4.98 Å². The van der Waals surface area contributed by atoms with Gasteiger partial charge < -0.3 is 4.57 Å². The van der Waals surface area contributed by atoms with Crippen molar-refractivity contribution in [2.75, 3.05) is 7.05 Å². The first-order valence-corrected chi connectivity index (χ1v) is 7.00. The summed E-state index contributed by atoms with van der Waals surface area (Å²) in [5, 5.41) is 0. The second-order valence-corrected chi connectivity index (χ2v) is 4.92. The first-order valence-electron chi connectivity index (χ1n) is 7.00. The number of nitrogens with zero attached hydrogens (tertiary/aromatic N) is 3. The fraction of sp³-hybridized carbons (Fsp3) is 0.438. The number of rotatable bonds is 6. The van der Waals surface area contributed by atoms with Gasteiger partial charge in [0.15, 0.2) is 0 Å². The van der Waals surface area contributed by atoms with Crippen LogP contribution in [0.4, 0.5) is 0 Å². The topological polar surface area (TPSA) is 21.1 Å². The molecule has 3 nitrogen and oxygen atoms in total. The Balaban J connectivity index is 2.11. The Kier molecular flexibility index (Phi) is 4.74. The molecule has 0 unspecified atom stereocenters. The molecular formula is C16H23N3. The smallest absolute Gasteiger partial charge is 0.0948 e. The third kappa shape index (κ3) is 3.24. The molecule has 1 atom stereocenters. The Bertz CT molecular complexity index is 490. The second-order valence-electron chi connectivity index (χ2n) is 4.92. The Labute approximate surface area is 115 Å². The summed E-state index contributed by atoms with van der Waals surface area (Å²) in [6, 6.07) is 11.2. The van der Waals surface area contributed by atoms with E-state index in [4.69, 9.17) is 0 Å². The van der Waals surface area contributed by atoms with Gasteiger partial charge in [-0.05, 0) is 26.0 Å². The van der Waals surface area contributed by atoms with Gasteiger partial charge in [0.2, 0.25) is 0 Å². The van der Waals surface area contributed by atoms with Crippen LogP contribution in [0.5, 0.6) is 0 Å². The summed E-state index contributed by atoms with van der Waals surface area (Å²) in [6.45, 7) is 6.30. The van der Waals surface area contributed by atoms with Gasteiger partial charge in [-0.2, -0.15) is 0 Å². The summed E-state index contributed by atoms with van der Waals surface area (Å²) in [4.78, 5) is 6.64. The van der Waals surface area contributed by atoms with Gasteiger partial charge in [-0.15, -0.1) is 0 Å². The maximum Gasteiger partial charge on any atom is 0.0948 e. The van der Waals surface area contributed by atoms with E-state index < -0.39 is 0 Å². The molecule has 0 aliphatic carbocycles. The lowest BCUT2D eigenvalue weighted by atomic mass is 10.0. The van der Waals surface area contributed by atoms with Crippen molar-refractivity contribution in [3.05, 3.63) is 54.1 Å². The van der Waals surface area contributed by atoms with E-state index >= 15 is 0 Å². The van der Waals surface area contributed by atoms with Gasteiger partial charge in [0.1, 0.15) is 0 Å². The van der Waals surface area contributed by atoms with E-state index in [-0.39, 0.29) is 0 Å². The molecule has 0 amide bonds. The fourth-order valence-corrected chi connectivity index (χ4v) is 2.61. The summed E-state index contributed by atoms with van der Waals surface area (Å²) in [7, 11) is 2.19. The van der Waals surface area contributed by atoms with Crippen molar-refractivity contribution in [1.82, 2.24) is 14.5 Å². The highest BCUT2D eigenvalue weighted by molar-refractivity contribution is 5.19. The quantitative estimate of drug-likeness (QED) is 0.790. The fourth-order valence-electron chi connectivity index (χ4n) is 2.61. The van der Waals surface area contributed by atoms with E-state index in [9.17, 15) is 0 Å². The number of imidazole rings is 1. The van der Waals surface area contributed by atoms with Crippen LogP contribution >= 0.6 is 0 Å². The third-order valence-corrected chi connectivity index (χ3v) is 3.65. The largest absolute Gasteiger partial charge is 0.334 e. The molecule has 102 valence electrons. The molecule has 1 heterocycles. The van der Waals surface area contributed by atoms with Crippen LogP contribution in [-0.4, -0.2) is 21.5 Å². The Morgan fingerprint density at radius 1 is 1.21 bits per heavy atom. The Hall–Kier alpha value is -1.61. The molecule has 2 rings (SSSR count). The second kappa shape index (κ2) is 6.53. The summed E-state index contributed by atoms with van der Waals surface area (Å²) in [5.41, 5.74) is 2.66. The lowest BCUT2D eigenvalue weighted by Gasteiger charge is -2.27. The van der Waals surface area contributed by atoms with Crippen LogP contribution in [0, 0.1) is 0 Å². The van der Waals surface area contributed by atoms with E-state index in [1.165, 1.54) is 11.3 Å². The SMILES string of the molecule is CC[C@@H](c1ccccc1)N(C)Cc1cncn1CC. The maximum atomic E-state index is 4.24. The summed E-state index contributed by atoms with van der Waals surface area (Å²) < 4.78 is 2.20. The molecule has 1 aromatic heterocycles. The average Bonchev–Trinajstić information content (AvgIpc) is 2.88. The zero-order valence-corrected chi connectivity index (χ0v) is 12.1. The first kappa shape index (κ1) is 13.8. The monoisotopic (exact) mass is 257 g/mol. The molecule has 0 saturated heterocycles. The normalized spacial score (nSPS) is 12.8. The van der Waals surface area contributed by atoms with Crippen LogP contribution in [-0.2, 0) is 13.1 Å². The minimum atomic E-state index is 0.460. The van der Waals surface area contributed by atoms with E-state index in [2.05, 4.69) is 65.7 Å². The molecule has 0 fully saturated rings. The van der Waals surface area contributed by atoms with Gasteiger partial charge in [0.05, 0.1) is 12.0 Å². The average molecular weight is 257 g/mol. The van der Waals surface area contributed by atoms with E-state index in [1.54, 1.807) is 0 Å². The van der Waals surface area contributed by atoms with Gasteiger partial charge in [-0.1, -0.05) is 37.3 Å². The molecule has 2 aromatic rings. The summed E-state index contributed by atoms with van der Waals surface area (Å²) >= 11 is 0. The van der Waals surface area contributed by atoms with Gasteiger partial charge in [-0.3, -0.25) is 4.90 Å². The van der Waals surface area contributed by atoms with Gasteiger partial charge in [0.25, 0.3) is 0 Å². The van der Waals surface area contributed by atoms with Crippen LogP contribution in [0.25, 0.3) is 0 Å². The van der Waals surface area contributed by atoms with Crippen LogP contribution < -0.4 is 0 Å². The molecule has 0 bridgehead atoms. The molecule has 1 aromatic carbocycles. The molecule has 0 aliphatic rings. The summed E-state index contributed by atoms with van der Waals surface area (Å²) in [6.07, 6.45) is 4.99. The van der Waals surface area contributed by atoms with E-state index in [0.29, 0.717) is 6.04 Å². The Morgan fingerprint density at radius 3 is 2.58 bits per heavy atom. The number of aromatic nitrogens is 2. The first-order chi connectivity index (χ1) is 9.26. The molecule has 19 heavy (non-hydrogen) atoms. The Morgan fingerprint density at radius 2 is 1.95 bits per heavy atom. The zero-order chi connectivity index (χ0) is 13.7. The van der Waals surface area contributed by atoms with Crippen LogP contribution in [0.15, 0.2) is 42.9 Å². The molecule has 0 aliphatic heterocycles. The van der Waals surface area contributed by atoms with Crippen molar-refractivity contribution < 1.29 is 0 Å². The molecule has 0 saturated carbocycles. The highest BCUT2D eigenvalue weighted by atomic mass is 15.2. The van der Waals surface area contributed by atoms with E-state index in [1.807, 2.05) is 12.5 Å². The predicted octanol–water partition coefficient (Wildman–Crippen LogP) is 3.49. The minimum absolute atomic E-state index is 0.460. The van der Waals surface area contributed by atoms with Gasteiger partial charge in [0, 0.05) is 25.3 Å². The number of aryl methyl sites for hydroxylation is 1. The van der Waals surface area contributed by atoms with Crippen molar-refractivity contribution in [1.29, 1.82) is 0 Å². The highest BCUT2D eigenvalue weighted by Crippen LogP contribution is 2.24. The van der Waals surface area contributed by atoms with Crippen LogP contribution in [0.1, 0.15) is 37.6 Å². The number of hydrogen-bond donors (Lipinski definition) is 0. The van der Waals surface area contributed by atoms with Crippen molar-refractivity contribution in [3.8, 4) is 0 Å². The van der Waals surface area contributed by atoms with Crippen LogP contribution in [0.3, 0.4) is 0 Å². The standard InChI is InChI=1S/C16H23N3/c1-4-16(14-9-7-6-8-10-14)18(3)12-15-11-17-13-19(15)5-2/h6-11,13,16H,4-5,12H2,1-3H3/t16-/m0/s1. The molecule has 3 heteroatoms. The van der Waals surface area contributed by atoms with Crippen molar-refractivity contribution in [2.45, 2.75) is 39.4 Å². The van der Waals surface area contributed by atoms with Crippen molar-refractivity contribution in [3.63, 3.8) is 0 Å². The lowest BCUT2D eigenvalue weighted by molar-refractivity contribution is 0.225. The van der Waals surface area contributed by atoms with Crippen molar-refractivity contribution >= 4 is 0 Å². The van der Waals surface area contributed by atoms with Gasteiger partial charge >= 0.3 is 0 Å². The zero-order valence-electron chi connectivity index (χ0n) is 12.1. The highest BCUT2D eigenvalue weighted by Gasteiger charge is 2.16. The third-order valence-electron chi connectivity index (χ3n) is 3.65. The lowest BCUT2D eigenvalue weighted by Crippen LogP contribution is -2.25. The maximum absolute atomic E-state index is 4.24. The number of benzene rings is 1. The van der Waals surface area contributed by atoms with Crippen LogP contribution in [0.2, 0.25) is 0 Å².